The van der Waals surface area contributed by atoms with E-state index in [9.17, 15) is 0 Å². The Bertz CT molecular complexity index is 1010. The molecule has 0 unspecified atom stereocenters. The average Bonchev–Trinajstić information content (AvgIpc) is 3.41. The van der Waals surface area contributed by atoms with Gasteiger partial charge in [0.1, 0.15) is 5.82 Å². The molecule has 0 amide bonds. The Labute approximate surface area is 171 Å². The number of guanidine groups is 1. The van der Waals surface area contributed by atoms with Crippen LogP contribution in [-0.4, -0.2) is 37.0 Å². The number of nitrogens with zero attached hydrogens (tertiary/aromatic N) is 6. The molecule has 4 rings (SSSR count). The average molecular weight is 393 g/mol. The second-order valence-electron chi connectivity index (χ2n) is 7.30. The van der Waals surface area contributed by atoms with Crippen molar-refractivity contribution in [2.75, 3.05) is 6.54 Å². The zero-order chi connectivity index (χ0) is 20.2. The maximum Gasteiger partial charge on any atom is 0.191 e. The number of nitrogens with one attached hydrogen (secondary N) is 2. The van der Waals surface area contributed by atoms with Gasteiger partial charge >= 0.3 is 0 Å². The van der Waals surface area contributed by atoms with Crippen molar-refractivity contribution in [3.05, 3.63) is 58.9 Å². The van der Waals surface area contributed by atoms with E-state index in [2.05, 4.69) is 62.5 Å². The van der Waals surface area contributed by atoms with Crippen LogP contribution in [0.1, 0.15) is 41.9 Å². The number of aryl methyl sites for hydroxylation is 3. The van der Waals surface area contributed by atoms with Crippen LogP contribution in [0.5, 0.6) is 0 Å². The van der Waals surface area contributed by atoms with Gasteiger partial charge in [0.25, 0.3) is 0 Å². The number of aromatic nitrogens is 5. The minimum atomic E-state index is 0.557. The van der Waals surface area contributed by atoms with E-state index in [1.54, 1.807) is 0 Å². The van der Waals surface area contributed by atoms with Crippen LogP contribution in [0.15, 0.2) is 35.3 Å². The number of para-hydroxylation sites is 1. The van der Waals surface area contributed by atoms with Crippen LogP contribution in [0.4, 0.5) is 0 Å². The molecule has 152 valence electrons. The second kappa shape index (κ2) is 8.46. The molecule has 3 aromatic rings. The largest absolute Gasteiger partial charge is 0.357 e. The van der Waals surface area contributed by atoms with Crippen molar-refractivity contribution in [1.29, 1.82) is 0 Å². The van der Waals surface area contributed by atoms with Gasteiger partial charge in [-0.05, 0) is 44.9 Å². The van der Waals surface area contributed by atoms with Gasteiger partial charge in [-0.3, -0.25) is 0 Å². The highest BCUT2D eigenvalue weighted by Gasteiger charge is 2.17. The number of aliphatic imine (C=N–C) groups is 1. The van der Waals surface area contributed by atoms with E-state index < -0.39 is 0 Å². The lowest BCUT2D eigenvalue weighted by Gasteiger charge is -2.13. The van der Waals surface area contributed by atoms with Crippen molar-refractivity contribution in [2.45, 2.75) is 53.2 Å². The summed E-state index contributed by atoms with van der Waals surface area (Å²) in [5, 5.41) is 19.9. The van der Waals surface area contributed by atoms with E-state index in [4.69, 9.17) is 4.99 Å². The molecule has 0 spiro atoms. The van der Waals surface area contributed by atoms with Crippen molar-refractivity contribution < 1.29 is 0 Å². The fraction of sp³-hybridized carbons (Fsp3) is 0.429. The zero-order valence-corrected chi connectivity index (χ0v) is 17.3. The van der Waals surface area contributed by atoms with Crippen molar-refractivity contribution in [3.63, 3.8) is 0 Å². The topological polar surface area (TPSA) is 84.9 Å². The van der Waals surface area contributed by atoms with Gasteiger partial charge in [-0.15, -0.1) is 10.2 Å². The van der Waals surface area contributed by atoms with E-state index in [-0.39, 0.29) is 0 Å². The van der Waals surface area contributed by atoms with Crippen LogP contribution in [0.3, 0.4) is 0 Å². The van der Waals surface area contributed by atoms with Gasteiger partial charge in [0.05, 0.1) is 24.5 Å². The lowest BCUT2D eigenvalue weighted by molar-refractivity contribution is 0.663. The van der Waals surface area contributed by atoms with Gasteiger partial charge < -0.3 is 15.2 Å². The molecule has 1 aliphatic rings. The first-order valence-electron chi connectivity index (χ1n) is 10.2. The Morgan fingerprint density at radius 1 is 1.17 bits per heavy atom. The van der Waals surface area contributed by atoms with Crippen molar-refractivity contribution in [3.8, 4) is 5.69 Å². The van der Waals surface area contributed by atoms with Crippen molar-refractivity contribution >= 4 is 5.96 Å². The summed E-state index contributed by atoms with van der Waals surface area (Å²) in [7, 11) is 0. The first-order chi connectivity index (χ1) is 14.2. The molecule has 0 atom stereocenters. The molecule has 0 aliphatic carbocycles. The van der Waals surface area contributed by atoms with E-state index in [0.717, 1.165) is 66.2 Å². The van der Waals surface area contributed by atoms with Gasteiger partial charge in [-0.25, -0.2) is 9.67 Å². The molecule has 29 heavy (non-hydrogen) atoms. The molecule has 1 aliphatic heterocycles. The highest BCUT2D eigenvalue weighted by atomic mass is 15.3. The number of rotatable bonds is 6. The molecule has 0 bridgehead atoms. The summed E-state index contributed by atoms with van der Waals surface area (Å²) < 4.78 is 4.19. The molecule has 3 heterocycles. The first kappa shape index (κ1) is 19.2. The van der Waals surface area contributed by atoms with Gasteiger partial charge in [-0.1, -0.05) is 18.2 Å². The minimum absolute atomic E-state index is 0.557. The smallest absolute Gasteiger partial charge is 0.191 e. The number of hydrogen-bond donors (Lipinski definition) is 2. The summed E-state index contributed by atoms with van der Waals surface area (Å²) >= 11 is 0. The predicted molar refractivity (Wildman–Crippen MR) is 113 cm³/mol. The maximum absolute atomic E-state index is 4.80. The van der Waals surface area contributed by atoms with E-state index in [1.807, 2.05) is 23.7 Å². The molecule has 8 heteroatoms. The number of fused-ring (bicyclic) bond motifs is 1. The van der Waals surface area contributed by atoms with Gasteiger partial charge in [0.15, 0.2) is 11.8 Å². The SMILES string of the molecule is CCNC(=NCc1ccccc1-n1nc(C)cc1C)NCc1nnc2n1CCC2. The summed E-state index contributed by atoms with van der Waals surface area (Å²) in [5.74, 6) is 2.82. The fourth-order valence-corrected chi connectivity index (χ4v) is 3.73. The van der Waals surface area contributed by atoms with Crippen molar-refractivity contribution in [1.82, 2.24) is 35.2 Å². The summed E-state index contributed by atoms with van der Waals surface area (Å²) in [6.07, 6.45) is 2.17. The standard InChI is InChI=1S/C21H28N8/c1-4-22-21(24-14-20-26-25-19-10-7-11-28(19)20)23-13-17-8-5-6-9-18(17)29-16(3)12-15(2)27-29/h5-6,8-9,12H,4,7,10-11,13-14H2,1-3H3,(H2,22,23,24). The Morgan fingerprint density at radius 2 is 2.03 bits per heavy atom. The quantitative estimate of drug-likeness (QED) is 0.497. The van der Waals surface area contributed by atoms with Crippen LogP contribution >= 0.6 is 0 Å². The molecule has 0 radical (unpaired) electrons. The van der Waals surface area contributed by atoms with Crippen LogP contribution in [0.25, 0.3) is 5.69 Å². The highest BCUT2D eigenvalue weighted by molar-refractivity contribution is 5.79. The lowest BCUT2D eigenvalue weighted by Crippen LogP contribution is -2.37. The Hall–Kier alpha value is -3.16. The first-order valence-corrected chi connectivity index (χ1v) is 10.2. The summed E-state index contributed by atoms with van der Waals surface area (Å²) in [5.41, 5.74) is 4.31. The van der Waals surface area contributed by atoms with E-state index in [1.165, 1.54) is 0 Å². The van der Waals surface area contributed by atoms with Gasteiger partial charge in [-0.2, -0.15) is 5.10 Å². The summed E-state index contributed by atoms with van der Waals surface area (Å²) in [4.78, 5) is 4.80. The molecule has 1 aromatic carbocycles. The number of benzene rings is 1. The van der Waals surface area contributed by atoms with Crippen LogP contribution in [0, 0.1) is 13.8 Å². The molecular formula is C21H28N8. The van der Waals surface area contributed by atoms with Crippen LogP contribution < -0.4 is 10.6 Å². The lowest BCUT2D eigenvalue weighted by atomic mass is 10.2. The second-order valence-corrected chi connectivity index (χ2v) is 7.30. The summed E-state index contributed by atoms with van der Waals surface area (Å²) in [6.45, 7) is 9.11. The van der Waals surface area contributed by atoms with Gasteiger partial charge in [0, 0.05) is 25.2 Å². The molecular weight excluding hydrogens is 364 g/mol. The highest BCUT2D eigenvalue weighted by Crippen LogP contribution is 2.18. The molecule has 2 aromatic heterocycles. The van der Waals surface area contributed by atoms with E-state index in [0.29, 0.717) is 13.1 Å². The Kier molecular flexibility index (Phi) is 5.59. The Balaban J connectivity index is 1.50. The summed E-state index contributed by atoms with van der Waals surface area (Å²) in [6, 6.07) is 10.4. The fourth-order valence-electron chi connectivity index (χ4n) is 3.73. The maximum atomic E-state index is 4.80. The molecule has 0 saturated carbocycles. The Morgan fingerprint density at radius 3 is 2.83 bits per heavy atom. The minimum Gasteiger partial charge on any atom is -0.357 e. The molecule has 0 fully saturated rings. The van der Waals surface area contributed by atoms with Crippen LogP contribution in [0.2, 0.25) is 0 Å². The zero-order valence-electron chi connectivity index (χ0n) is 17.3. The third-order valence-corrected chi connectivity index (χ3v) is 5.08. The molecule has 0 saturated heterocycles. The number of hydrogen-bond acceptors (Lipinski definition) is 4. The van der Waals surface area contributed by atoms with Crippen LogP contribution in [-0.2, 0) is 26.1 Å². The monoisotopic (exact) mass is 392 g/mol. The van der Waals surface area contributed by atoms with Gasteiger partial charge in [0.2, 0.25) is 0 Å². The van der Waals surface area contributed by atoms with E-state index >= 15 is 0 Å². The molecule has 8 nitrogen and oxygen atoms in total. The van der Waals surface area contributed by atoms with Crippen molar-refractivity contribution in [2.24, 2.45) is 4.99 Å². The third-order valence-electron chi connectivity index (χ3n) is 5.08. The molecule has 2 N–H and O–H groups in total. The predicted octanol–water partition coefficient (Wildman–Crippen LogP) is 2.28. The normalized spacial score (nSPS) is 13.6. The third kappa shape index (κ3) is 4.16.